The van der Waals surface area contributed by atoms with Gasteiger partial charge in [0, 0.05) is 35.5 Å². The van der Waals surface area contributed by atoms with Crippen LogP contribution in [0.5, 0.6) is 0 Å². The molecule has 0 amide bonds. The van der Waals surface area contributed by atoms with Gasteiger partial charge in [-0.2, -0.15) is 0 Å². The monoisotopic (exact) mass is 436 g/mol. The van der Waals surface area contributed by atoms with Crippen LogP contribution >= 0.6 is 11.6 Å². The molecule has 0 fully saturated rings. The van der Waals surface area contributed by atoms with Gasteiger partial charge in [0.15, 0.2) is 5.82 Å². The van der Waals surface area contributed by atoms with Gasteiger partial charge in [-0.3, -0.25) is 9.78 Å². The number of hydrogen-bond donors (Lipinski definition) is 1. The maximum absolute atomic E-state index is 13.6. The van der Waals surface area contributed by atoms with E-state index in [4.69, 9.17) is 16.3 Å². The second kappa shape index (κ2) is 9.06. The van der Waals surface area contributed by atoms with Gasteiger partial charge in [-0.25, -0.2) is 14.4 Å². The molecule has 4 rings (SSSR count). The SMILES string of the molecule is COC(=O)CCc1ccc2nc(-c3cccnc3)nc(Nc3ccc(F)c(Cl)c3)c2c1. The molecule has 156 valence electrons. The maximum Gasteiger partial charge on any atom is 0.305 e. The minimum absolute atomic E-state index is 0.00890. The number of halogens is 2. The zero-order chi connectivity index (χ0) is 21.8. The van der Waals surface area contributed by atoms with E-state index in [2.05, 4.69) is 20.3 Å². The van der Waals surface area contributed by atoms with E-state index in [1.165, 1.54) is 19.2 Å². The van der Waals surface area contributed by atoms with E-state index in [0.29, 0.717) is 29.3 Å². The van der Waals surface area contributed by atoms with Crippen molar-refractivity contribution in [1.82, 2.24) is 15.0 Å². The number of ether oxygens (including phenoxy) is 1. The average molecular weight is 437 g/mol. The van der Waals surface area contributed by atoms with Gasteiger partial charge in [-0.05, 0) is 54.4 Å². The van der Waals surface area contributed by atoms with Crippen LogP contribution in [0.3, 0.4) is 0 Å². The third-order valence-corrected chi connectivity index (χ3v) is 5.00. The maximum atomic E-state index is 13.6. The van der Waals surface area contributed by atoms with Gasteiger partial charge in [-0.1, -0.05) is 17.7 Å². The number of pyridine rings is 1. The molecule has 0 aliphatic rings. The molecule has 0 saturated carbocycles. The Kier molecular flexibility index (Phi) is 6.04. The second-order valence-corrected chi connectivity index (χ2v) is 7.23. The number of rotatable bonds is 6. The number of carbonyl (C=O) groups excluding carboxylic acids is 1. The van der Waals surface area contributed by atoms with Gasteiger partial charge >= 0.3 is 5.97 Å². The lowest BCUT2D eigenvalue weighted by molar-refractivity contribution is -0.140. The van der Waals surface area contributed by atoms with E-state index < -0.39 is 5.82 Å². The standard InChI is InChI=1S/C23H18ClFN4O2/c1-31-21(30)9-5-14-4-8-20-17(11-14)23(27-16-6-7-19(25)18(24)12-16)29-22(28-20)15-3-2-10-26-13-15/h2-4,6-8,10-13H,5,9H2,1H3,(H,27,28,29). The number of nitrogens with zero attached hydrogens (tertiary/aromatic N) is 3. The summed E-state index contributed by atoms with van der Waals surface area (Å²) in [5.41, 5.74) is 3.00. The Morgan fingerprint density at radius 1 is 1.16 bits per heavy atom. The van der Waals surface area contributed by atoms with E-state index in [-0.39, 0.29) is 17.4 Å². The zero-order valence-corrected chi connectivity index (χ0v) is 17.4. The first kappa shape index (κ1) is 20.7. The van der Waals surface area contributed by atoms with Crippen molar-refractivity contribution in [2.24, 2.45) is 0 Å². The first-order valence-corrected chi connectivity index (χ1v) is 9.91. The molecule has 2 aromatic carbocycles. The van der Waals surface area contributed by atoms with Crippen molar-refractivity contribution in [3.05, 3.63) is 77.3 Å². The first-order valence-electron chi connectivity index (χ1n) is 9.53. The summed E-state index contributed by atoms with van der Waals surface area (Å²) in [6.45, 7) is 0. The van der Waals surface area contributed by atoms with Crippen LogP contribution in [0.1, 0.15) is 12.0 Å². The molecule has 0 bridgehead atoms. The number of anilines is 2. The zero-order valence-electron chi connectivity index (χ0n) is 16.6. The number of methoxy groups -OCH3 is 1. The quantitative estimate of drug-likeness (QED) is 0.411. The number of fused-ring (bicyclic) bond motifs is 1. The molecule has 1 N–H and O–H groups in total. The molecule has 0 aliphatic heterocycles. The number of aromatic nitrogens is 3. The Morgan fingerprint density at radius 3 is 2.77 bits per heavy atom. The van der Waals surface area contributed by atoms with Crippen LogP contribution in [0.2, 0.25) is 5.02 Å². The predicted molar refractivity (Wildman–Crippen MR) is 118 cm³/mol. The lowest BCUT2D eigenvalue weighted by atomic mass is 10.1. The molecule has 8 heteroatoms. The smallest absolute Gasteiger partial charge is 0.305 e. The topological polar surface area (TPSA) is 77.0 Å². The summed E-state index contributed by atoms with van der Waals surface area (Å²) in [7, 11) is 1.37. The molecule has 2 heterocycles. The van der Waals surface area contributed by atoms with Crippen molar-refractivity contribution in [3.8, 4) is 11.4 Å². The molecule has 0 unspecified atom stereocenters. The molecular formula is C23H18ClFN4O2. The summed E-state index contributed by atoms with van der Waals surface area (Å²) in [5, 5.41) is 3.98. The fraction of sp³-hybridized carbons (Fsp3) is 0.130. The number of hydrogen-bond acceptors (Lipinski definition) is 6. The molecular weight excluding hydrogens is 419 g/mol. The molecule has 0 spiro atoms. The van der Waals surface area contributed by atoms with Gasteiger partial charge in [-0.15, -0.1) is 0 Å². The number of benzene rings is 2. The molecule has 31 heavy (non-hydrogen) atoms. The highest BCUT2D eigenvalue weighted by Crippen LogP contribution is 2.29. The van der Waals surface area contributed by atoms with Crippen LogP contribution in [-0.4, -0.2) is 28.0 Å². The van der Waals surface area contributed by atoms with E-state index in [1.54, 1.807) is 18.5 Å². The van der Waals surface area contributed by atoms with Crippen LogP contribution in [0.15, 0.2) is 60.9 Å². The lowest BCUT2D eigenvalue weighted by Gasteiger charge is -2.13. The number of carbonyl (C=O) groups is 1. The van der Waals surface area contributed by atoms with Crippen molar-refractivity contribution in [2.45, 2.75) is 12.8 Å². The van der Waals surface area contributed by atoms with Gasteiger partial charge in [0.05, 0.1) is 17.6 Å². The van der Waals surface area contributed by atoms with E-state index in [9.17, 15) is 9.18 Å². The molecule has 0 aliphatic carbocycles. The summed E-state index contributed by atoms with van der Waals surface area (Å²) >= 11 is 5.94. The Hall–Kier alpha value is -3.58. The van der Waals surface area contributed by atoms with Crippen LogP contribution < -0.4 is 5.32 Å². The number of aryl methyl sites for hydroxylation is 1. The Labute approximate surface area is 183 Å². The molecule has 6 nitrogen and oxygen atoms in total. The minimum atomic E-state index is -0.499. The van der Waals surface area contributed by atoms with Gasteiger partial charge in [0.1, 0.15) is 11.6 Å². The second-order valence-electron chi connectivity index (χ2n) is 6.82. The van der Waals surface area contributed by atoms with Gasteiger partial charge < -0.3 is 10.1 Å². The number of esters is 1. The predicted octanol–water partition coefficient (Wildman–Crippen LogP) is 5.33. The van der Waals surface area contributed by atoms with Crippen molar-refractivity contribution >= 4 is 40.0 Å². The van der Waals surface area contributed by atoms with Crippen molar-refractivity contribution in [2.75, 3.05) is 12.4 Å². The van der Waals surface area contributed by atoms with Crippen molar-refractivity contribution in [3.63, 3.8) is 0 Å². The summed E-state index contributed by atoms with van der Waals surface area (Å²) in [6, 6.07) is 13.8. The Balaban J connectivity index is 1.79. The van der Waals surface area contributed by atoms with Crippen LogP contribution in [0.4, 0.5) is 15.9 Å². The van der Waals surface area contributed by atoms with E-state index in [1.807, 2.05) is 30.3 Å². The Bertz CT molecular complexity index is 1250. The first-order chi connectivity index (χ1) is 15.0. The highest BCUT2D eigenvalue weighted by atomic mass is 35.5. The van der Waals surface area contributed by atoms with Gasteiger partial charge in [0.25, 0.3) is 0 Å². The summed E-state index contributed by atoms with van der Waals surface area (Å²) in [4.78, 5) is 25.0. The summed E-state index contributed by atoms with van der Waals surface area (Å²) in [6.07, 6.45) is 4.16. The van der Waals surface area contributed by atoms with E-state index in [0.717, 1.165) is 16.5 Å². The highest BCUT2D eigenvalue weighted by Gasteiger charge is 2.12. The van der Waals surface area contributed by atoms with Crippen LogP contribution in [0, 0.1) is 5.82 Å². The third-order valence-electron chi connectivity index (χ3n) is 4.71. The molecule has 0 atom stereocenters. The average Bonchev–Trinajstić information content (AvgIpc) is 2.80. The molecule has 0 radical (unpaired) electrons. The van der Waals surface area contributed by atoms with Crippen molar-refractivity contribution in [1.29, 1.82) is 0 Å². The summed E-state index contributed by atoms with van der Waals surface area (Å²) < 4.78 is 18.3. The fourth-order valence-electron chi connectivity index (χ4n) is 3.11. The molecule has 0 saturated heterocycles. The number of nitrogens with one attached hydrogen (secondary N) is 1. The minimum Gasteiger partial charge on any atom is -0.469 e. The highest BCUT2D eigenvalue weighted by molar-refractivity contribution is 6.31. The lowest BCUT2D eigenvalue weighted by Crippen LogP contribution is -2.03. The normalized spacial score (nSPS) is 10.8. The van der Waals surface area contributed by atoms with Gasteiger partial charge in [0.2, 0.25) is 0 Å². The third kappa shape index (κ3) is 4.78. The molecule has 4 aromatic rings. The van der Waals surface area contributed by atoms with Crippen LogP contribution in [-0.2, 0) is 16.0 Å². The van der Waals surface area contributed by atoms with E-state index >= 15 is 0 Å². The molecule has 2 aromatic heterocycles. The Morgan fingerprint density at radius 2 is 2.03 bits per heavy atom. The summed E-state index contributed by atoms with van der Waals surface area (Å²) in [5.74, 6) is 0.258. The largest absolute Gasteiger partial charge is 0.469 e. The van der Waals surface area contributed by atoms with Crippen molar-refractivity contribution < 1.29 is 13.9 Å². The fourth-order valence-corrected chi connectivity index (χ4v) is 3.29. The van der Waals surface area contributed by atoms with Crippen LogP contribution in [0.25, 0.3) is 22.3 Å².